The highest BCUT2D eigenvalue weighted by Gasteiger charge is 2.33. The molecule has 0 unspecified atom stereocenters. The summed E-state index contributed by atoms with van der Waals surface area (Å²) in [4.78, 5) is 27.2. The van der Waals surface area contributed by atoms with Gasteiger partial charge in [0.05, 0.1) is 5.60 Å². The molecule has 0 radical (unpaired) electrons. The molecule has 1 aromatic rings. The largest absolute Gasteiger partial charge is 0.482 e. The smallest absolute Gasteiger partial charge is 0.254 e. The molecule has 1 aliphatic rings. The number of rotatable bonds is 2. The van der Waals surface area contributed by atoms with Crippen molar-refractivity contribution in [3.63, 3.8) is 0 Å². The van der Waals surface area contributed by atoms with Crippen LogP contribution >= 0.6 is 0 Å². The van der Waals surface area contributed by atoms with Crippen LogP contribution in [0.2, 0.25) is 0 Å². The zero-order chi connectivity index (χ0) is 22.0. The summed E-state index contributed by atoms with van der Waals surface area (Å²) in [6.07, 6.45) is 0.545. The summed E-state index contributed by atoms with van der Waals surface area (Å²) in [5, 5.41) is 0.875. The Morgan fingerprint density at radius 2 is 1.14 bits per heavy atom. The highest BCUT2D eigenvalue weighted by molar-refractivity contribution is 6.00. The van der Waals surface area contributed by atoms with E-state index in [-0.39, 0.29) is 24.7 Å². The molecule has 0 atom stereocenters. The molecule has 5 nitrogen and oxygen atoms in total. The van der Waals surface area contributed by atoms with Gasteiger partial charge in [0.1, 0.15) is 5.60 Å². The van der Waals surface area contributed by atoms with Gasteiger partial charge in [0.25, 0.3) is 11.8 Å². The number of hydrogen-bond donors (Lipinski definition) is 0. The molecule has 2 rings (SSSR count). The second kappa shape index (κ2) is 8.46. The molecule has 9 heteroatoms. The van der Waals surface area contributed by atoms with Crippen LogP contribution in [0.25, 0.3) is 0 Å². The van der Waals surface area contributed by atoms with Crippen LogP contribution in [0.1, 0.15) is 59.9 Å². The Morgan fingerprint density at radius 1 is 0.750 bits per heavy atom. The van der Waals surface area contributed by atoms with Crippen LogP contribution in [0.15, 0.2) is 0 Å². The number of benzene rings is 1. The summed E-state index contributed by atoms with van der Waals surface area (Å²) >= 11 is 0. The fourth-order valence-corrected chi connectivity index (χ4v) is 2.05. The van der Waals surface area contributed by atoms with E-state index in [9.17, 15) is 27.2 Å². The van der Waals surface area contributed by atoms with Crippen molar-refractivity contribution in [1.82, 2.24) is 5.06 Å². The first kappa shape index (κ1) is 23.9. The highest BCUT2D eigenvalue weighted by Crippen LogP contribution is 2.31. The van der Waals surface area contributed by atoms with Crippen molar-refractivity contribution >= 4 is 11.8 Å². The van der Waals surface area contributed by atoms with E-state index in [0.717, 1.165) is 12.0 Å². The van der Waals surface area contributed by atoms with Crippen LogP contribution in [0.3, 0.4) is 0 Å². The van der Waals surface area contributed by atoms with Gasteiger partial charge >= 0.3 is 0 Å². The first-order valence-electron chi connectivity index (χ1n) is 8.61. The van der Waals surface area contributed by atoms with Crippen LogP contribution in [0.5, 0.6) is 5.75 Å². The summed E-state index contributed by atoms with van der Waals surface area (Å²) in [5.41, 5.74) is -2.14. The van der Waals surface area contributed by atoms with Crippen molar-refractivity contribution < 1.29 is 36.7 Å². The Labute approximate surface area is 161 Å². The summed E-state index contributed by atoms with van der Waals surface area (Å²) in [5.74, 6) is -7.38. The average Bonchev–Trinajstić information content (AvgIpc) is 2.85. The van der Waals surface area contributed by atoms with Crippen molar-refractivity contribution in [3.8, 4) is 5.75 Å². The van der Waals surface area contributed by atoms with E-state index in [4.69, 9.17) is 9.57 Å². The molecule has 0 bridgehead atoms. The molecule has 1 aliphatic heterocycles. The second-order valence-corrected chi connectivity index (χ2v) is 8.21. The van der Waals surface area contributed by atoms with E-state index in [0.29, 0.717) is 0 Å². The van der Waals surface area contributed by atoms with E-state index in [1.807, 2.05) is 0 Å². The van der Waals surface area contributed by atoms with Crippen LogP contribution in [0, 0.1) is 30.2 Å². The summed E-state index contributed by atoms with van der Waals surface area (Å²) in [7, 11) is 0. The van der Waals surface area contributed by atoms with E-state index in [1.54, 1.807) is 20.8 Å². The molecule has 1 aromatic carbocycles. The van der Waals surface area contributed by atoms with Gasteiger partial charge in [-0.1, -0.05) is 0 Å². The van der Waals surface area contributed by atoms with Crippen molar-refractivity contribution in [2.24, 2.45) is 0 Å². The molecule has 0 spiro atoms. The minimum atomic E-state index is -1.51. The third-order valence-corrected chi connectivity index (χ3v) is 3.22. The lowest BCUT2D eigenvalue weighted by atomic mass is 10.1. The zero-order valence-electron chi connectivity index (χ0n) is 17.0. The van der Waals surface area contributed by atoms with Crippen molar-refractivity contribution in [1.29, 1.82) is 0 Å². The topological polar surface area (TPSA) is 55.8 Å². The molecule has 1 fully saturated rings. The van der Waals surface area contributed by atoms with Crippen LogP contribution in [-0.2, 0) is 14.4 Å². The lowest BCUT2D eigenvalue weighted by Crippen LogP contribution is -2.37. The molecule has 0 N–H and O–H groups in total. The molecule has 28 heavy (non-hydrogen) atoms. The molecule has 2 amide bonds. The van der Waals surface area contributed by atoms with Crippen molar-refractivity contribution in [2.75, 3.05) is 0 Å². The van der Waals surface area contributed by atoms with E-state index in [2.05, 4.69) is 0 Å². The molecular formula is C19H25F4NO4. The van der Waals surface area contributed by atoms with Gasteiger partial charge in [-0.2, -0.15) is 13.8 Å². The number of carbonyl (C=O) groups is 2. The van der Waals surface area contributed by atoms with Gasteiger partial charge in [-0.05, 0) is 48.5 Å². The fraction of sp³-hybridized carbons (Fsp3) is 0.579. The Hall–Kier alpha value is -2.16. The normalized spacial score (nSPS) is 14.9. The summed E-state index contributed by atoms with van der Waals surface area (Å²) in [6, 6.07) is 0. The SMILES string of the molecule is CC(C)(C)ON1C(=O)CCC1=O.Cc1c(F)c(F)c(OC(C)(C)C)c(F)c1F. The van der Waals surface area contributed by atoms with Gasteiger partial charge in [-0.15, -0.1) is 0 Å². The standard InChI is InChI=1S/C11H12F4O.C8H13NO3/c1-5-6(12)8(14)10(9(15)7(5)13)16-11(2,3)4;1-8(2,3)12-9-6(10)4-5-7(9)11/h1-4H3;4-5H2,1-3H3. The lowest BCUT2D eigenvalue weighted by Gasteiger charge is -2.24. The average molecular weight is 407 g/mol. The van der Waals surface area contributed by atoms with Crippen LogP contribution in [-0.4, -0.2) is 28.1 Å². The van der Waals surface area contributed by atoms with Crippen molar-refractivity contribution in [2.45, 2.75) is 72.5 Å². The number of carbonyl (C=O) groups excluding carboxylic acids is 2. The van der Waals surface area contributed by atoms with Crippen LogP contribution in [0.4, 0.5) is 17.6 Å². The van der Waals surface area contributed by atoms with Gasteiger partial charge < -0.3 is 4.74 Å². The molecule has 1 heterocycles. The lowest BCUT2D eigenvalue weighted by molar-refractivity contribution is -0.218. The maximum absolute atomic E-state index is 13.3. The predicted molar refractivity (Wildman–Crippen MR) is 93.3 cm³/mol. The maximum atomic E-state index is 13.3. The summed E-state index contributed by atoms with van der Waals surface area (Å²) in [6.45, 7) is 10.9. The fourth-order valence-electron chi connectivity index (χ4n) is 2.05. The van der Waals surface area contributed by atoms with E-state index < -0.39 is 45.8 Å². The monoisotopic (exact) mass is 407 g/mol. The van der Waals surface area contributed by atoms with Gasteiger partial charge in [0.15, 0.2) is 17.4 Å². The number of imide groups is 1. The number of ether oxygens (including phenoxy) is 1. The number of halogens is 4. The second-order valence-electron chi connectivity index (χ2n) is 8.21. The number of hydrogen-bond acceptors (Lipinski definition) is 4. The first-order chi connectivity index (χ1) is 12.5. The zero-order valence-corrected chi connectivity index (χ0v) is 17.0. The molecule has 0 aliphatic carbocycles. The third-order valence-electron chi connectivity index (χ3n) is 3.22. The quantitative estimate of drug-likeness (QED) is 0.409. The number of nitrogens with zero attached hydrogens (tertiary/aromatic N) is 1. The highest BCUT2D eigenvalue weighted by atomic mass is 19.2. The summed E-state index contributed by atoms with van der Waals surface area (Å²) < 4.78 is 57.8. The van der Waals surface area contributed by atoms with E-state index in [1.165, 1.54) is 20.8 Å². The van der Waals surface area contributed by atoms with Crippen LogP contribution < -0.4 is 4.74 Å². The van der Waals surface area contributed by atoms with Gasteiger partial charge in [0, 0.05) is 18.4 Å². The molecule has 0 saturated carbocycles. The number of hydroxylamine groups is 2. The van der Waals surface area contributed by atoms with Gasteiger partial charge in [-0.3, -0.25) is 14.4 Å². The van der Waals surface area contributed by atoms with Gasteiger partial charge in [-0.25, -0.2) is 8.78 Å². The third kappa shape index (κ3) is 6.19. The Balaban J connectivity index is 0.000000292. The Kier molecular flexibility index (Phi) is 7.22. The Bertz CT molecular complexity index is 722. The van der Waals surface area contributed by atoms with Crippen molar-refractivity contribution in [3.05, 3.63) is 28.8 Å². The molecular weight excluding hydrogens is 382 g/mol. The first-order valence-corrected chi connectivity index (χ1v) is 8.61. The number of amides is 2. The Morgan fingerprint density at radius 3 is 1.46 bits per heavy atom. The minimum Gasteiger partial charge on any atom is -0.482 e. The predicted octanol–water partition coefficient (Wildman–Crippen LogP) is 4.59. The minimum absolute atomic E-state index is 0.241. The molecule has 0 aromatic heterocycles. The maximum Gasteiger partial charge on any atom is 0.254 e. The van der Waals surface area contributed by atoms with Gasteiger partial charge in [0.2, 0.25) is 11.6 Å². The molecule has 1 saturated heterocycles. The molecule has 158 valence electrons. The van der Waals surface area contributed by atoms with E-state index >= 15 is 0 Å².